The number of halogens is 1. The van der Waals surface area contributed by atoms with E-state index in [0.717, 1.165) is 34.3 Å². The van der Waals surface area contributed by atoms with Crippen molar-refractivity contribution in [2.24, 2.45) is 0 Å². The van der Waals surface area contributed by atoms with E-state index in [1.165, 1.54) is 6.42 Å². The van der Waals surface area contributed by atoms with Crippen LogP contribution in [0, 0.1) is 2.88 Å². The van der Waals surface area contributed by atoms with E-state index in [4.69, 9.17) is 0 Å². The van der Waals surface area contributed by atoms with Crippen molar-refractivity contribution in [3.05, 3.63) is 19.9 Å². The molecular formula is C14H20INO2S. The van der Waals surface area contributed by atoms with Crippen LogP contribution in [0.3, 0.4) is 0 Å². The van der Waals surface area contributed by atoms with Crippen LogP contribution >= 0.6 is 33.9 Å². The van der Waals surface area contributed by atoms with Crippen LogP contribution < -0.4 is 0 Å². The topological polar surface area (TPSA) is 40.5 Å². The molecule has 0 aromatic carbocycles. The van der Waals surface area contributed by atoms with Crippen LogP contribution in [0.15, 0.2) is 11.4 Å². The number of likely N-dealkylation sites (tertiary alicyclic amines) is 1. The molecule has 1 N–H and O–H groups in total. The van der Waals surface area contributed by atoms with Gasteiger partial charge >= 0.3 is 0 Å². The van der Waals surface area contributed by atoms with E-state index in [1.807, 2.05) is 16.3 Å². The van der Waals surface area contributed by atoms with Crippen molar-refractivity contribution in [3.63, 3.8) is 0 Å². The van der Waals surface area contributed by atoms with Crippen molar-refractivity contribution in [2.45, 2.75) is 51.2 Å². The Hall–Kier alpha value is -0.140. The second kappa shape index (κ2) is 7.04. The van der Waals surface area contributed by atoms with Gasteiger partial charge in [-0.1, -0.05) is 12.8 Å². The van der Waals surface area contributed by atoms with E-state index in [1.54, 1.807) is 18.3 Å². The van der Waals surface area contributed by atoms with E-state index in [0.29, 0.717) is 6.42 Å². The number of carbonyl (C=O) groups is 1. The maximum absolute atomic E-state index is 12.6. The summed E-state index contributed by atoms with van der Waals surface area (Å²) in [4.78, 5) is 14.6. The molecule has 3 nitrogen and oxygen atoms in total. The predicted molar refractivity (Wildman–Crippen MR) is 86.6 cm³/mol. The lowest BCUT2D eigenvalue weighted by molar-refractivity contribution is 0.0607. The minimum atomic E-state index is -0.346. The zero-order valence-electron chi connectivity index (χ0n) is 11.1. The van der Waals surface area contributed by atoms with Gasteiger partial charge in [0.2, 0.25) is 0 Å². The fraction of sp³-hybridized carbons (Fsp3) is 0.643. The summed E-state index contributed by atoms with van der Waals surface area (Å²) < 4.78 is 1.14. The van der Waals surface area contributed by atoms with Gasteiger partial charge in [-0.25, -0.2) is 0 Å². The van der Waals surface area contributed by atoms with Crippen LogP contribution in [0.2, 0.25) is 0 Å². The molecule has 1 aromatic rings. The third kappa shape index (κ3) is 4.16. The number of rotatable bonds is 3. The Morgan fingerprint density at radius 3 is 3.00 bits per heavy atom. The lowest BCUT2D eigenvalue weighted by Gasteiger charge is -2.30. The Morgan fingerprint density at radius 2 is 2.37 bits per heavy atom. The first kappa shape index (κ1) is 15.3. The van der Waals surface area contributed by atoms with Crippen molar-refractivity contribution >= 4 is 39.8 Å². The summed E-state index contributed by atoms with van der Waals surface area (Å²) in [6.07, 6.45) is 4.76. The summed E-state index contributed by atoms with van der Waals surface area (Å²) in [5.74, 6) is 0.131. The van der Waals surface area contributed by atoms with Gasteiger partial charge in [-0.3, -0.25) is 4.79 Å². The molecule has 0 aliphatic carbocycles. The summed E-state index contributed by atoms with van der Waals surface area (Å²) in [6.45, 7) is 2.63. The molecule has 2 unspecified atom stereocenters. The van der Waals surface area contributed by atoms with Gasteiger partial charge in [0.1, 0.15) is 0 Å². The largest absolute Gasteiger partial charge is 0.393 e. The highest BCUT2D eigenvalue weighted by atomic mass is 127. The van der Waals surface area contributed by atoms with E-state index in [2.05, 4.69) is 22.6 Å². The molecule has 2 rings (SSSR count). The number of carbonyl (C=O) groups excluding carboxylic acids is 1. The second-order valence-corrected chi connectivity index (χ2v) is 8.03. The smallest absolute Gasteiger partial charge is 0.254 e. The molecule has 1 saturated heterocycles. The van der Waals surface area contributed by atoms with E-state index in [-0.39, 0.29) is 18.1 Å². The third-order valence-corrected chi connectivity index (χ3v) is 5.35. The second-order valence-electron chi connectivity index (χ2n) is 5.23. The molecular weight excluding hydrogens is 373 g/mol. The average molecular weight is 393 g/mol. The quantitative estimate of drug-likeness (QED) is 0.799. The minimum Gasteiger partial charge on any atom is -0.393 e. The normalized spacial score (nSPS) is 22.1. The monoisotopic (exact) mass is 393 g/mol. The number of amides is 1. The van der Waals surface area contributed by atoms with Gasteiger partial charge in [0.15, 0.2) is 0 Å². The first-order valence-electron chi connectivity index (χ1n) is 6.81. The maximum atomic E-state index is 12.6. The zero-order valence-corrected chi connectivity index (χ0v) is 14.1. The minimum absolute atomic E-state index is 0.131. The van der Waals surface area contributed by atoms with Crippen LogP contribution in [0.1, 0.15) is 49.4 Å². The zero-order chi connectivity index (χ0) is 13.8. The number of aliphatic hydroxyl groups is 1. The van der Waals surface area contributed by atoms with Crippen molar-refractivity contribution in [3.8, 4) is 0 Å². The van der Waals surface area contributed by atoms with Gasteiger partial charge in [-0.15, -0.1) is 11.3 Å². The lowest BCUT2D eigenvalue weighted by Crippen LogP contribution is -2.41. The van der Waals surface area contributed by atoms with E-state index < -0.39 is 0 Å². The van der Waals surface area contributed by atoms with E-state index in [9.17, 15) is 9.90 Å². The first-order valence-corrected chi connectivity index (χ1v) is 8.77. The molecule has 2 heterocycles. The van der Waals surface area contributed by atoms with Gasteiger partial charge in [0.25, 0.3) is 5.91 Å². The van der Waals surface area contributed by atoms with Crippen LogP contribution in [-0.2, 0) is 0 Å². The van der Waals surface area contributed by atoms with Crippen molar-refractivity contribution < 1.29 is 9.90 Å². The summed E-state index contributed by atoms with van der Waals surface area (Å²) >= 11 is 3.85. The van der Waals surface area contributed by atoms with Gasteiger partial charge < -0.3 is 10.0 Å². The Labute approximate surface area is 132 Å². The van der Waals surface area contributed by atoms with Crippen molar-refractivity contribution in [1.82, 2.24) is 4.90 Å². The average Bonchev–Trinajstić information content (AvgIpc) is 2.65. The van der Waals surface area contributed by atoms with Gasteiger partial charge in [-0.2, -0.15) is 0 Å². The molecule has 19 heavy (non-hydrogen) atoms. The number of aliphatic hydroxyl groups excluding tert-OH is 1. The molecule has 106 valence electrons. The predicted octanol–water partition coefficient (Wildman–Crippen LogP) is 3.51. The fourth-order valence-electron chi connectivity index (χ4n) is 2.67. The summed E-state index contributed by atoms with van der Waals surface area (Å²) in [7, 11) is 0. The standard InChI is InChI=1S/C14H20INO2S/c1-10(17)7-12-5-3-2-4-6-16(12)14(18)11-8-13(15)19-9-11/h8-10,12,17H,2-7H2,1H3. The van der Waals surface area contributed by atoms with Gasteiger partial charge in [0, 0.05) is 18.0 Å². The fourth-order valence-corrected chi connectivity index (χ4v) is 3.99. The number of thiophene rings is 1. The van der Waals surface area contributed by atoms with Crippen LogP contribution in [-0.4, -0.2) is 34.6 Å². The van der Waals surface area contributed by atoms with Crippen LogP contribution in [0.25, 0.3) is 0 Å². The summed E-state index contributed by atoms with van der Waals surface area (Å²) in [6, 6.07) is 2.14. The Bertz CT molecular complexity index is 433. The van der Waals surface area contributed by atoms with Crippen LogP contribution in [0.5, 0.6) is 0 Å². The maximum Gasteiger partial charge on any atom is 0.254 e. The van der Waals surface area contributed by atoms with Gasteiger partial charge in [0.05, 0.1) is 14.6 Å². The third-order valence-electron chi connectivity index (χ3n) is 3.57. The molecule has 1 amide bonds. The van der Waals surface area contributed by atoms with Crippen LogP contribution in [0.4, 0.5) is 0 Å². The number of nitrogens with zero attached hydrogens (tertiary/aromatic N) is 1. The summed E-state index contributed by atoms with van der Waals surface area (Å²) in [5.41, 5.74) is 0.798. The molecule has 5 heteroatoms. The molecule has 1 aromatic heterocycles. The van der Waals surface area contributed by atoms with E-state index >= 15 is 0 Å². The molecule has 0 saturated carbocycles. The molecule has 1 aliphatic heterocycles. The SMILES string of the molecule is CC(O)CC1CCCCCN1C(=O)c1csc(I)c1. The summed E-state index contributed by atoms with van der Waals surface area (Å²) in [5, 5.41) is 11.6. The van der Waals surface area contributed by atoms with Gasteiger partial charge in [-0.05, 0) is 54.8 Å². The molecule has 0 spiro atoms. The number of hydrogen-bond donors (Lipinski definition) is 1. The molecule has 1 fully saturated rings. The van der Waals surface area contributed by atoms with Crippen molar-refractivity contribution in [2.75, 3.05) is 6.54 Å². The molecule has 1 aliphatic rings. The Morgan fingerprint density at radius 1 is 1.58 bits per heavy atom. The van der Waals surface area contributed by atoms with Crippen molar-refractivity contribution in [1.29, 1.82) is 0 Å². The highest BCUT2D eigenvalue weighted by Crippen LogP contribution is 2.25. The highest BCUT2D eigenvalue weighted by Gasteiger charge is 2.27. The molecule has 0 radical (unpaired) electrons. The Balaban J connectivity index is 2.14. The molecule has 0 bridgehead atoms. The number of hydrogen-bond acceptors (Lipinski definition) is 3. The lowest BCUT2D eigenvalue weighted by atomic mass is 10.0. The highest BCUT2D eigenvalue weighted by molar-refractivity contribution is 14.1. The Kier molecular flexibility index (Phi) is 5.65. The molecule has 2 atom stereocenters. The first-order chi connectivity index (χ1) is 9.08.